The minimum absolute atomic E-state index is 0.634. The molecule has 0 radical (unpaired) electrons. The standard InChI is InChI=1S/C25H24ClN3O2/c26-19-8-9-21-22(15-27-23(21)14-19)24(25(30)31)29-12-10-28(11-13-29)16-18-6-3-5-17-4-1-2-7-20(17)18/h1-9,14-15,24,27H,10-13,16H2,(H,30,31)/t24-/m0/s1. The third kappa shape index (κ3) is 3.92. The number of nitrogens with zero attached hydrogens (tertiary/aromatic N) is 2. The van der Waals surface area contributed by atoms with Gasteiger partial charge in [0.05, 0.1) is 0 Å². The molecule has 4 aromatic rings. The maximum absolute atomic E-state index is 12.2. The zero-order chi connectivity index (χ0) is 21.4. The van der Waals surface area contributed by atoms with Crippen molar-refractivity contribution < 1.29 is 9.90 Å². The number of nitrogens with one attached hydrogen (secondary N) is 1. The quantitative estimate of drug-likeness (QED) is 0.469. The van der Waals surface area contributed by atoms with Crippen LogP contribution in [0.3, 0.4) is 0 Å². The zero-order valence-corrected chi connectivity index (χ0v) is 17.8. The molecule has 1 aliphatic rings. The maximum atomic E-state index is 12.2. The third-order valence-electron chi connectivity index (χ3n) is 6.25. The molecule has 2 heterocycles. The smallest absolute Gasteiger partial charge is 0.325 e. The van der Waals surface area contributed by atoms with Crippen molar-refractivity contribution in [3.63, 3.8) is 0 Å². The van der Waals surface area contributed by atoms with E-state index in [4.69, 9.17) is 11.6 Å². The molecule has 0 amide bonds. The maximum Gasteiger partial charge on any atom is 0.325 e. The SMILES string of the molecule is O=C(O)[C@H](c1c[nH]c2cc(Cl)ccc12)N1CCN(Cc2cccc3ccccc23)CC1. The van der Waals surface area contributed by atoms with Gasteiger partial charge in [-0.15, -0.1) is 0 Å². The van der Waals surface area contributed by atoms with E-state index in [1.807, 2.05) is 24.4 Å². The molecule has 1 atom stereocenters. The van der Waals surface area contributed by atoms with Crippen molar-refractivity contribution in [2.24, 2.45) is 0 Å². The summed E-state index contributed by atoms with van der Waals surface area (Å²) in [6.07, 6.45) is 1.81. The minimum Gasteiger partial charge on any atom is -0.480 e. The summed E-state index contributed by atoms with van der Waals surface area (Å²) in [4.78, 5) is 19.9. The fourth-order valence-corrected chi connectivity index (χ4v) is 4.86. The van der Waals surface area contributed by atoms with Gasteiger partial charge in [0, 0.05) is 60.4 Å². The number of carbonyl (C=O) groups is 1. The number of piperazine rings is 1. The van der Waals surface area contributed by atoms with Gasteiger partial charge >= 0.3 is 5.97 Å². The molecule has 1 saturated heterocycles. The Morgan fingerprint density at radius 2 is 1.77 bits per heavy atom. The molecule has 158 valence electrons. The predicted octanol–water partition coefficient (Wildman–Crippen LogP) is 4.92. The van der Waals surface area contributed by atoms with E-state index in [1.54, 1.807) is 0 Å². The number of hydrogen-bond donors (Lipinski definition) is 2. The van der Waals surface area contributed by atoms with Crippen LogP contribution in [-0.2, 0) is 11.3 Å². The Morgan fingerprint density at radius 3 is 2.58 bits per heavy atom. The van der Waals surface area contributed by atoms with E-state index in [1.165, 1.54) is 16.3 Å². The molecule has 3 aromatic carbocycles. The average molecular weight is 434 g/mol. The first-order valence-corrected chi connectivity index (χ1v) is 10.9. The molecule has 5 nitrogen and oxygen atoms in total. The van der Waals surface area contributed by atoms with Gasteiger partial charge in [0.2, 0.25) is 0 Å². The molecule has 2 N–H and O–H groups in total. The lowest BCUT2D eigenvalue weighted by atomic mass is 10.0. The lowest BCUT2D eigenvalue weighted by Crippen LogP contribution is -2.48. The fraction of sp³-hybridized carbons (Fsp3) is 0.240. The normalized spacial score (nSPS) is 16.7. The van der Waals surface area contributed by atoms with Crippen molar-refractivity contribution in [2.45, 2.75) is 12.6 Å². The molecule has 1 aromatic heterocycles. The Bertz CT molecular complexity index is 1240. The van der Waals surface area contributed by atoms with Crippen molar-refractivity contribution >= 4 is 39.2 Å². The highest BCUT2D eigenvalue weighted by molar-refractivity contribution is 6.31. The van der Waals surface area contributed by atoms with Crippen LogP contribution in [0.25, 0.3) is 21.7 Å². The van der Waals surface area contributed by atoms with Gasteiger partial charge in [-0.3, -0.25) is 14.6 Å². The highest BCUT2D eigenvalue weighted by Gasteiger charge is 2.32. The molecule has 31 heavy (non-hydrogen) atoms. The Morgan fingerprint density at radius 1 is 1.00 bits per heavy atom. The molecule has 0 aliphatic carbocycles. The van der Waals surface area contributed by atoms with Crippen LogP contribution in [0, 0.1) is 0 Å². The van der Waals surface area contributed by atoms with Crippen molar-refractivity contribution in [2.75, 3.05) is 26.2 Å². The van der Waals surface area contributed by atoms with Gasteiger partial charge in [0.15, 0.2) is 0 Å². The van der Waals surface area contributed by atoms with E-state index in [2.05, 4.69) is 57.2 Å². The van der Waals surface area contributed by atoms with E-state index in [9.17, 15) is 9.90 Å². The number of fused-ring (bicyclic) bond motifs is 2. The first kappa shape index (κ1) is 20.1. The topological polar surface area (TPSA) is 59.6 Å². The fourth-order valence-electron chi connectivity index (χ4n) is 4.68. The Balaban J connectivity index is 1.33. The number of carboxylic acid groups (broad SMARTS) is 1. The number of hydrogen-bond acceptors (Lipinski definition) is 3. The van der Waals surface area contributed by atoms with Crippen LogP contribution in [0.5, 0.6) is 0 Å². The number of aromatic amines is 1. The highest BCUT2D eigenvalue weighted by atomic mass is 35.5. The van der Waals surface area contributed by atoms with Crippen molar-refractivity contribution in [3.05, 3.63) is 83.0 Å². The Kier molecular flexibility index (Phi) is 5.40. The molecule has 1 aliphatic heterocycles. The summed E-state index contributed by atoms with van der Waals surface area (Å²) in [5, 5.41) is 14.1. The van der Waals surface area contributed by atoms with Crippen LogP contribution in [0.2, 0.25) is 5.02 Å². The highest BCUT2D eigenvalue weighted by Crippen LogP contribution is 2.31. The molecule has 5 rings (SSSR count). The van der Waals surface area contributed by atoms with Gasteiger partial charge in [0.1, 0.15) is 6.04 Å². The first-order valence-electron chi connectivity index (χ1n) is 10.5. The first-order chi connectivity index (χ1) is 15.1. The van der Waals surface area contributed by atoms with Crippen LogP contribution in [-0.4, -0.2) is 52.0 Å². The molecule has 0 saturated carbocycles. The van der Waals surface area contributed by atoms with Crippen LogP contribution < -0.4 is 0 Å². The van der Waals surface area contributed by atoms with Gasteiger partial charge in [-0.1, -0.05) is 60.1 Å². The molecule has 1 fully saturated rings. The summed E-state index contributed by atoms with van der Waals surface area (Å²) in [5.41, 5.74) is 2.97. The summed E-state index contributed by atoms with van der Waals surface area (Å²) in [5.74, 6) is -0.821. The molecular weight excluding hydrogens is 410 g/mol. The Hall–Kier alpha value is -2.86. The van der Waals surface area contributed by atoms with Crippen molar-refractivity contribution in [3.8, 4) is 0 Å². The lowest BCUT2D eigenvalue weighted by molar-refractivity contribution is -0.144. The number of benzene rings is 3. The van der Waals surface area contributed by atoms with Gasteiger partial charge in [-0.25, -0.2) is 0 Å². The second-order valence-corrected chi connectivity index (χ2v) is 8.56. The van der Waals surface area contributed by atoms with Crippen LogP contribution in [0.4, 0.5) is 0 Å². The molecule has 0 unspecified atom stereocenters. The number of halogens is 1. The summed E-state index contributed by atoms with van der Waals surface area (Å²) in [7, 11) is 0. The number of aliphatic carboxylic acids is 1. The Labute approximate surface area is 185 Å². The van der Waals surface area contributed by atoms with E-state index in [-0.39, 0.29) is 0 Å². The number of carboxylic acids is 1. The van der Waals surface area contributed by atoms with E-state index in [0.717, 1.165) is 36.1 Å². The minimum atomic E-state index is -0.821. The summed E-state index contributed by atoms with van der Waals surface area (Å²) >= 11 is 6.09. The van der Waals surface area contributed by atoms with Gasteiger partial charge < -0.3 is 10.1 Å². The van der Waals surface area contributed by atoms with Gasteiger partial charge in [-0.2, -0.15) is 0 Å². The summed E-state index contributed by atoms with van der Waals surface area (Å²) < 4.78 is 0. The summed E-state index contributed by atoms with van der Waals surface area (Å²) in [6, 6.07) is 19.8. The van der Waals surface area contributed by atoms with E-state index >= 15 is 0 Å². The molecule has 0 spiro atoms. The zero-order valence-electron chi connectivity index (χ0n) is 17.1. The average Bonchev–Trinajstić information content (AvgIpc) is 3.18. The van der Waals surface area contributed by atoms with Gasteiger partial charge in [-0.05, 0) is 28.5 Å². The number of aromatic nitrogens is 1. The molecular formula is C25H24ClN3O2. The van der Waals surface area contributed by atoms with Crippen molar-refractivity contribution in [1.29, 1.82) is 0 Å². The number of rotatable bonds is 5. The molecule has 6 heteroatoms. The lowest BCUT2D eigenvalue weighted by Gasteiger charge is -2.37. The van der Waals surface area contributed by atoms with Crippen LogP contribution in [0.1, 0.15) is 17.2 Å². The second kappa shape index (κ2) is 8.35. The van der Waals surface area contributed by atoms with Crippen LogP contribution in [0.15, 0.2) is 66.9 Å². The van der Waals surface area contributed by atoms with Crippen molar-refractivity contribution in [1.82, 2.24) is 14.8 Å². The summed E-state index contributed by atoms with van der Waals surface area (Å²) in [6.45, 7) is 3.96. The second-order valence-electron chi connectivity index (χ2n) is 8.13. The van der Waals surface area contributed by atoms with Gasteiger partial charge in [0.25, 0.3) is 0 Å². The largest absolute Gasteiger partial charge is 0.480 e. The monoisotopic (exact) mass is 433 g/mol. The van der Waals surface area contributed by atoms with E-state index in [0.29, 0.717) is 18.1 Å². The molecule has 0 bridgehead atoms. The number of H-pyrrole nitrogens is 1. The predicted molar refractivity (Wildman–Crippen MR) is 124 cm³/mol. The third-order valence-corrected chi connectivity index (χ3v) is 6.49. The van der Waals surface area contributed by atoms with E-state index < -0.39 is 12.0 Å². The van der Waals surface area contributed by atoms with Crippen LogP contribution >= 0.6 is 11.6 Å².